The second-order valence-corrected chi connectivity index (χ2v) is 7.79. The van der Waals surface area contributed by atoms with Gasteiger partial charge in [-0.05, 0) is 70.7 Å². The Morgan fingerprint density at radius 1 is 1.04 bits per heavy atom. The Bertz CT molecular complexity index is 1000. The fraction of sp³-hybridized carbons (Fsp3) is 0.174. The zero-order chi connectivity index (χ0) is 20.1. The predicted molar refractivity (Wildman–Crippen MR) is 120 cm³/mol. The average Bonchev–Trinajstić information content (AvgIpc) is 2.68. The molecule has 28 heavy (non-hydrogen) atoms. The number of aryl methyl sites for hydroxylation is 2. The van der Waals surface area contributed by atoms with Gasteiger partial charge in [0.1, 0.15) is 6.61 Å². The van der Waals surface area contributed by atoms with Gasteiger partial charge in [0.05, 0.1) is 17.3 Å². The molecule has 0 aliphatic carbocycles. The van der Waals surface area contributed by atoms with E-state index in [1.165, 1.54) is 5.56 Å². The molecule has 3 aromatic rings. The van der Waals surface area contributed by atoms with E-state index in [0.29, 0.717) is 23.1 Å². The maximum absolute atomic E-state index is 6.07. The van der Waals surface area contributed by atoms with E-state index < -0.39 is 0 Å². The Labute approximate surface area is 179 Å². The first-order valence-corrected chi connectivity index (χ1v) is 9.99. The normalized spacial score (nSPS) is 11.0. The van der Waals surface area contributed by atoms with Gasteiger partial charge in [0.15, 0.2) is 11.5 Å². The third kappa shape index (κ3) is 5.15. The molecular weight excluding hydrogens is 438 g/mol. The number of ether oxygens (including phenoxy) is 2. The quantitative estimate of drug-likeness (QED) is 0.370. The van der Waals surface area contributed by atoms with E-state index in [-0.39, 0.29) is 0 Å². The van der Waals surface area contributed by atoms with Gasteiger partial charge >= 0.3 is 0 Å². The van der Waals surface area contributed by atoms with E-state index in [4.69, 9.17) is 21.1 Å². The molecule has 3 rings (SSSR count). The van der Waals surface area contributed by atoms with Crippen LogP contribution in [0.2, 0.25) is 5.02 Å². The third-order valence-electron chi connectivity index (χ3n) is 4.28. The highest BCUT2D eigenvalue weighted by atomic mass is 79.9. The summed E-state index contributed by atoms with van der Waals surface area (Å²) in [5, 5.41) is 0.663. The molecule has 0 saturated heterocycles. The largest absolute Gasteiger partial charge is 0.493 e. The minimum absolute atomic E-state index is 0.463. The van der Waals surface area contributed by atoms with Crippen molar-refractivity contribution in [2.24, 2.45) is 4.99 Å². The predicted octanol–water partition coefficient (Wildman–Crippen LogP) is 7.06. The molecule has 5 heteroatoms. The minimum atomic E-state index is 0.463. The fourth-order valence-corrected chi connectivity index (χ4v) is 3.40. The van der Waals surface area contributed by atoms with Crippen molar-refractivity contribution in [1.82, 2.24) is 0 Å². The number of halogens is 2. The van der Waals surface area contributed by atoms with Crippen LogP contribution in [0.4, 0.5) is 5.69 Å². The van der Waals surface area contributed by atoms with Gasteiger partial charge in [-0.15, -0.1) is 0 Å². The number of rotatable bonds is 6. The van der Waals surface area contributed by atoms with Gasteiger partial charge < -0.3 is 9.47 Å². The standard InChI is InChI=1S/C23H21BrClNO2/c1-15-4-7-17(8-5-15)14-28-23-20(24)10-18(11-22(23)27-3)13-26-21-12-19(25)9-6-16(21)2/h4-13H,14H2,1-3H3. The topological polar surface area (TPSA) is 30.8 Å². The van der Waals surface area contributed by atoms with Crippen molar-refractivity contribution < 1.29 is 9.47 Å². The second-order valence-electron chi connectivity index (χ2n) is 6.50. The van der Waals surface area contributed by atoms with E-state index in [2.05, 4.69) is 52.1 Å². The van der Waals surface area contributed by atoms with Gasteiger partial charge in [-0.3, -0.25) is 4.99 Å². The molecule has 0 aromatic heterocycles. The lowest BCUT2D eigenvalue weighted by atomic mass is 10.1. The maximum Gasteiger partial charge on any atom is 0.175 e. The molecule has 0 N–H and O–H groups in total. The van der Waals surface area contributed by atoms with E-state index >= 15 is 0 Å². The van der Waals surface area contributed by atoms with Crippen molar-refractivity contribution in [2.75, 3.05) is 7.11 Å². The summed E-state index contributed by atoms with van der Waals surface area (Å²) in [7, 11) is 1.63. The Balaban J connectivity index is 1.81. The molecule has 0 unspecified atom stereocenters. The van der Waals surface area contributed by atoms with Gasteiger partial charge in [-0.2, -0.15) is 0 Å². The molecule has 0 aliphatic heterocycles. The number of methoxy groups -OCH3 is 1. The van der Waals surface area contributed by atoms with Crippen LogP contribution in [0.15, 0.2) is 64.1 Å². The molecule has 0 atom stereocenters. The highest BCUT2D eigenvalue weighted by molar-refractivity contribution is 9.10. The van der Waals surface area contributed by atoms with E-state index in [1.54, 1.807) is 13.3 Å². The molecule has 0 radical (unpaired) electrons. The highest BCUT2D eigenvalue weighted by Gasteiger charge is 2.11. The number of aliphatic imine (C=N–C) groups is 1. The van der Waals surface area contributed by atoms with Gasteiger partial charge in [-0.25, -0.2) is 0 Å². The second kappa shape index (κ2) is 9.26. The van der Waals surface area contributed by atoms with Crippen LogP contribution in [0.25, 0.3) is 0 Å². The summed E-state index contributed by atoms with van der Waals surface area (Å²) in [6.45, 7) is 4.53. The van der Waals surface area contributed by atoms with Crippen LogP contribution >= 0.6 is 27.5 Å². The van der Waals surface area contributed by atoms with Crippen molar-refractivity contribution in [2.45, 2.75) is 20.5 Å². The van der Waals surface area contributed by atoms with Crippen LogP contribution in [0.3, 0.4) is 0 Å². The molecule has 0 amide bonds. The van der Waals surface area contributed by atoms with Gasteiger partial charge in [0.25, 0.3) is 0 Å². The first-order chi connectivity index (χ1) is 13.5. The molecule has 0 aliphatic rings. The molecule has 3 aromatic carbocycles. The zero-order valence-corrected chi connectivity index (χ0v) is 18.3. The maximum atomic E-state index is 6.07. The van der Waals surface area contributed by atoms with Crippen LogP contribution < -0.4 is 9.47 Å². The van der Waals surface area contributed by atoms with E-state index in [9.17, 15) is 0 Å². The summed E-state index contributed by atoms with van der Waals surface area (Å²) in [5.41, 5.74) is 5.11. The monoisotopic (exact) mass is 457 g/mol. The smallest absolute Gasteiger partial charge is 0.175 e. The fourth-order valence-electron chi connectivity index (χ4n) is 2.66. The molecular formula is C23H21BrClNO2. The lowest BCUT2D eigenvalue weighted by Gasteiger charge is -2.13. The van der Waals surface area contributed by atoms with Crippen LogP contribution in [-0.4, -0.2) is 13.3 Å². The van der Waals surface area contributed by atoms with Gasteiger partial charge in [0.2, 0.25) is 0 Å². The van der Waals surface area contributed by atoms with Crippen molar-refractivity contribution in [3.8, 4) is 11.5 Å². The SMILES string of the molecule is COc1cc(C=Nc2cc(Cl)ccc2C)cc(Br)c1OCc1ccc(C)cc1. The zero-order valence-electron chi connectivity index (χ0n) is 16.0. The van der Waals surface area contributed by atoms with Crippen molar-refractivity contribution in [3.05, 3.63) is 86.3 Å². The minimum Gasteiger partial charge on any atom is -0.493 e. The third-order valence-corrected chi connectivity index (χ3v) is 5.10. The van der Waals surface area contributed by atoms with Gasteiger partial charge in [0, 0.05) is 11.2 Å². The average molecular weight is 459 g/mol. The first kappa shape index (κ1) is 20.4. The molecule has 144 valence electrons. The number of benzene rings is 3. The molecule has 0 heterocycles. The lowest BCUT2D eigenvalue weighted by Crippen LogP contribution is -1.99. The van der Waals surface area contributed by atoms with Crippen LogP contribution in [0.1, 0.15) is 22.3 Å². The van der Waals surface area contributed by atoms with Crippen molar-refractivity contribution >= 4 is 39.4 Å². The van der Waals surface area contributed by atoms with E-state index in [1.807, 2.05) is 37.3 Å². The summed E-state index contributed by atoms with van der Waals surface area (Å²) < 4.78 is 12.3. The van der Waals surface area contributed by atoms with Crippen molar-refractivity contribution in [3.63, 3.8) is 0 Å². The Kier molecular flexibility index (Phi) is 6.76. The van der Waals surface area contributed by atoms with Gasteiger partial charge in [-0.1, -0.05) is 47.5 Å². The Morgan fingerprint density at radius 3 is 2.50 bits per heavy atom. The summed E-state index contributed by atoms with van der Waals surface area (Å²) in [4.78, 5) is 4.56. The number of hydrogen-bond acceptors (Lipinski definition) is 3. The Hall–Kier alpha value is -2.30. The molecule has 0 spiro atoms. The highest BCUT2D eigenvalue weighted by Crippen LogP contribution is 2.37. The molecule has 0 fully saturated rings. The molecule has 0 saturated carbocycles. The summed E-state index contributed by atoms with van der Waals surface area (Å²) in [5.74, 6) is 1.31. The summed E-state index contributed by atoms with van der Waals surface area (Å²) in [6, 6.07) is 17.8. The molecule has 0 bridgehead atoms. The lowest BCUT2D eigenvalue weighted by molar-refractivity contribution is 0.282. The van der Waals surface area contributed by atoms with Crippen molar-refractivity contribution in [1.29, 1.82) is 0 Å². The van der Waals surface area contributed by atoms with Crippen LogP contribution in [0, 0.1) is 13.8 Å². The van der Waals surface area contributed by atoms with E-state index in [0.717, 1.165) is 26.9 Å². The number of hydrogen-bond donors (Lipinski definition) is 0. The first-order valence-electron chi connectivity index (χ1n) is 8.82. The number of nitrogens with zero attached hydrogens (tertiary/aromatic N) is 1. The summed E-state index contributed by atoms with van der Waals surface area (Å²) in [6.07, 6.45) is 1.79. The molecule has 3 nitrogen and oxygen atoms in total. The van der Waals surface area contributed by atoms with Crippen LogP contribution in [0.5, 0.6) is 11.5 Å². The van der Waals surface area contributed by atoms with Crippen LogP contribution in [-0.2, 0) is 6.61 Å². The Morgan fingerprint density at radius 2 is 1.79 bits per heavy atom. The summed E-state index contributed by atoms with van der Waals surface area (Å²) >= 11 is 9.66.